The molecule has 190 valence electrons. The highest BCUT2D eigenvalue weighted by Gasteiger charge is 2.58. The number of aromatic amines is 1. The molecule has 0 radical (unpaired) electrons. The normalized spacial score (nSPS) is 22.6. The number of nitrogens with one attached hydrogen (secondary N) is 2. The average molecular weight is 501 g/mol. The van der Waals surface area contributed by atoms with Crippen LogP contribution >= 0.6 is 0 Å². The van der Waals surface area contributed by atoms with Gasteiger partial charge < -0.3 is 20.2 Å². The largest absolute Gasteiger partial charge is 0.481 e. The lowest BCUT2D eigenvalue weighted by molar-refractivity contribution is -0.139. The summed E-state index contributed by atoms with van der Waals surface area (Å²) in [6.45, 7) is 2.99. The van der Waals surface area contributed by atoms with Crippen LogP contribution in [0.4, 0.5) is 23.1 Å². The van der Waals surface area contributed by atoms with Gasteiger partial charge in [-0.2, -0.15) is 15.3 Å². The van der Waals surface area contributed by atoms with Crippen LogP contribution in [0.5, 0.6) is 0 Å². The van der Waals surface area contributed by atoms with E-state index in [1.54, 1.807) is 0 Å². The number of anilines is 4. The number of fused-ring (bicyclic) bond motifs is 1. The fourth-order valence-electron chi connectivity index (χ4n) is 5.84. The molecule has 1 saturated carbocycles. The lowest BCUT2D eigenvalue weighted by Crippen LogP contribution is -2.36. The Kier molecular flexibility index (Phi) is 5.67. The molecule has 37 heavy (non-hydrogen) atoms. The van der Waals surface area contributed by atoms with Crippen molar-refractivity contribution in [3.63, 3.8) is 0 Å². The Morgan fingerprint density at radius 2 is 1.95 bits per heavy atom. The first kappa shape index (κ1) is 23.2. The topological polar surface area (TPSA) is 151 Å². The first-order chi connectivity index (χ1) is 18.0. The zero-order valence-corrected chi connectivity index (χ0v) is 20.4. The summed E-state index contributed by atoms with van der Waals surface area (Å²) in [5, 5.41) is 28.7. The van der Waals surface area contributed by atoms with Crippen LogP contribution in [0.3, 0.4) is 0 Å². The minimum atomic E-state index is -0.663. The van der Waals surface area contributed by atoms with E-state index >= 15 is 0 Å². The molecule has 3 N–H and O–H groups in total. The monoisotopic (exact) mass is 500 g/mol. The average Bonchev–Trinajstić information content (AvgIpc) is 3.63. The summed E-state index contributed by atoms with van der Waals surface area (Å²) in [6, 6.07) is 10.3. The molecule has 0 amide bonds. The number of aromatic nitrogens is 4. The van der Waals surface area contributed by atoms with Gasteiger partial charge >= 0.3 is 5.97 Å². The molecule has 1 spiro atoms. The molecule has 1 aliphatic carbocycles. The van der Waals surface area contributed by atoms with Gasteiger partial charge in [0.15, 0.2) is 0 Å². The van der Waals surface area contributed by atoms with Gasteiger partial charge in [0.25, 0.3) is 5.56 Å². The van der Waals surface area contributed by atoms with E-state index in [0.29, 0.717) is 29.2 Å². The van der Waals surface area contributed by atoms with Crippen molar-refractivity contribution in [2.24, 2.45) is 17.3 Å². The molecule has 3 fully saturated rings. The lowest BCUT2D eigenvalue weighted by Gasteiger charge is -2.34. The van der Waals surface area contributed by atoms with E-state index in [1.165, 1.54) is 6.20 Å². The third-order valence-electron chi connectivity index (χ3n) is 8.13. The van der Waals surface area contributed by atoms with E-state index in [2.05, 4.69) is 31.5 Å². The van der Waals surface area contributed by atoms with Gasteiger partial charge in [0.05, 0.1) is 24.1 Å². The summed E-state index contributed by atoms with van der Waals surface area (Å²) in [5.74, 6) is -0.0503. The van der Waals surface area contributed by atoms with Crippen molar-refractivity contribution in [2.45, 2.75) is 32.1 Å². The Morgan fingerprint density at radius 1 is 1.16 bits per heavy atom. The van der Waals surface area contributed by atoms with Crippen LogP contribution in [0.25, 0.3) is 10.9 Å². The highest BCUT2D eigenvalue weighted by atomic mass is 16.4. The zero-order valence-electron chi connectivity index (χ0n) is 20.4. The number of H-pyrrole nitrogens is 1. The van der Waals surface area contributed by atoms with E-state index in [0.717, 1.165) is 63.1 Å². The number of nitrogens with zero attached hydrogens (tertiary/aromatic N) is 6. The summed E-state index contributed by atoms with van der Waals surface area (Å²) >= 11 is 0. The van der Waals surface area contributed by atoms with Gasteiger partial charge in [0.1, 0.15) is 16.7 Å². The maximum atomic E-state index is 12.6. The molecule has 4 heterocycles. The minimum Gasteiger partial charge on any atom is -0.481 e. The number of rotatable bonds is 5. The number of hydrogen-bond donors (Lipinski definition) is 3. The Balaban J connectivity index is 1.22. The summed E-state index contributed by atoms with van der Waals surface area (Å²) in [4.78, 5) is 37.5. The smallest absolute Gasteiger partial charge is 0.307 e. The molecule has 2 aromatic heterocycles. The van der Waals surface area contributed by atoms with E-state index < -0.39 is 5.97 Å². The molecule has 2 aliphatic heterocycles. The molecule has 3 aliphatic rings. The second-order valence-corrected chi connectivity index (χ2v) is 10.4. The summed E-state index contributed by atoms with van der Waals surface area (Å²) in [6.07, 6.45) is 5.86. The minimum absolute atomic E-state index is 0.000859. The first-order valence-corrected chi connectivity index (χ1v) is 12.7. The van der Waals surface area contributed by atoms with Crippen molar-refractivity contribution in [1.29, 1.82) is 5.26 Å². The van der Waals surface area contributed by atoms with Gasteiger partial charge in [0.2, 0.25) is 5.95 Å². The number of carboxylic acid groups (broad SMARTS) is 1. The predicted molar refractivity (Wildman–Crippen MR) is 138 cm³/mol. The Hall–Kier alpha value is -4.20. The van der Waals surface area contributed by atoms with E-state index in [-0.39, 0.29) is 22.8 Å². The highest BCUT2D eigenvalue weighted by molar-refractivity contribution is 5.90. The maximum absolute atomic E-state index is 12.6. The summed E-state index contributed by atoms with van der Waals surface area (Å²) in [7, 11) is 0. The van der Waals surface area contributed by atoms with Crippen LogP contribution in [0, 0.1) is 28.6 Å². The second-order valence-electron chi connectivity index (χ2n) is 10.4. The molecule has 2 saturated heterocycles. The number of aliphatic carboxylic acids is 1. The molecule has 1 unspecified atom stereocenters. The van der Waals surface area contributed by atoms with Crippen molar-refractivity contribution in [3.05, 3.63) is 40.8 Å². The zero-order chi connectivity index (χ0) is 25.6. The van der Waals surface area contributed by atoms with Crippen LogP contribution in [-0.2, 0) is 4.79 Å². The number of carbonyl (C=O) groups is 1. The fraction of sp³-hybridized carbons (Fsp3) is 0.462. The molecule has 11 nitrogen and oxygen atoms in total. The van der Waals surface area contributed by atoms with E-state index in [4.69, 9.17) is 4.98 Å². The second kappa shape index (κ2) is 9.03. The third-order valence-corrected chi connectivity index (χ3v) is 8.13. The van der Waals surface area contributed by atoms with Gasteiger partial charge in [-0.05, 0) is 61.8 Å². The SMILES string of the molecule is N#C[C@H]1CCCN(c2nc(Nc3ccc(N4CCC5(CC4)CC5C(=O)O)cc3)c3c(=O)[nH]ncc3n2)C1. The summed E-state index contributed by atoms with van der Waals surface area (Å²) in [5.41, 5.74) is 1.92. The molecule has 2 atom stereocenters. The third kappa shape index (κ3) is 4.33. The van der Waals surface area contributed by atoms with Crippen LogP contribution in [0.1, 0.15) is 32.1 Å². The number of benzene rings is 1. The molecule has 6 rings (SSSR count). The molecule has 3 aromatic rings. The Labute approximate surface area is 213 Å². The van der Waals surface area contributed by atoms with Gasteiger partial charge in [-0.3, -0.25) is 9.59 Å². The number of piperidine rings is 2. The van der Waals surface area contributed by atoms with Crippen LogP contribution in [0.15, 0.2) is 35.3 Å². The van der Waals surface area contributed by atoms with Gasteiger partial charge in [0, 0.05) is 37.6 Å². The van der Waals surface area contributed by atoms with Gasteiger partial charge in [-0.1, -0.05) is 0 Å². The summed E-state index contributed by atoms with van der Waals surface area (Å²) < 4.78 is 0. The van der Waals surface area contributed by atoms with Crippen LogP contribution < -0.4 is 20.7 Å². The molecular formula is C26H28N8O3. The quantitative estimate of drug-likeness (QED) is 0.477. The highest BCUT2D eigenvalue weighted by Crippen LogP contribution is 2.59. The predicted octanol–water partition coefficient (Wildman–Crippen LogP) is 2.89. The van der Waals surface area contributed by atoms with Crippen molar-refractivity contribution < 1.29 is 9.90 Å². The fourth-order valence-corrected chi connectivity index (χ4v) is 5.84. The van der Waals surface area contributed by atoms with Crippen molar-refractivity contribution >= 4 is 40.0 Å². The van der Waals surface area contributed by atoms with Gasteiger partial charge in [-0.15, -0.1) is 0 Å². The van der Waals surface area contributed by atoms with E-state index in [1.807, 2.05) is 29.2 Å². The lowest BCUT2D eigenvalue weighted by atomic mass is 9.90. The standard InChI is InChI=1S/C26H28N8O3/c27-13-16-2-1-9-34(15-16)25-30-20-14-28-32-23(35)21(20)22(31-25)29-17-3-5-18(6-4-17)33-10-7-26(8-11-33)12-19(26)24(36)37/h3-6,14,16,19H,1-2,7-12,15H2,(H,32,35)(H,36,37)(H,29,30,31)/t16-,19?/m1/s1. The van der Waals surface area contributed by atoms with Crippen molar-refractivity contribution in [3.8, 4) is 6.07 Å². The van der Waals surface area contributed by atoms with Crippen molar-refractivity contribution in [2.75, 3.05) is 41.3 Å². The number of carboxylic acids is 1. The molecule has 11 heteroatoms. The van der Waals surface area contributed by atoms with Crippen LogP contribution in [0.2, 0.25) is 0 Å². The molecule has 0 bridgehead atoms. The maximum Gasteiger partial charge on any atom is 0.307 e. The van der Waals surface area contributed by atoms with E-state index in [9.17, 15) is 20.0 Å². The first-order valence-electron chi connectivity index (χ1n) is 12.7. The van der Waals surface area contributed by atoms with Gasteiger partial charge in [-0.25, -0.2) is 10.1 Å². The molecular weight excluding hydrogens is 472 g/mol. The Bertz CT molecular complexity index is 1440. The molecule has 1 aromatic carbocycles. The van der Waals surface area contributed by atoms with Crippen molar-refractivity contribution in [1.82, 2.24) is 20.2 Å². The number of hydrogen-bond acceptors (Lipinski definition) is 9. The number of nitriles is 1. The van der Waals surface area contributed by atoms with Crippen LogP contribution in [-0.4, -0.2) is 57.4 Å². The Morgan fingerprint density at radius 3 is 2.65 bits per heavy atom.